The van der Waals surface area contributed by atoms with Gasteiger partial charge in [0.2, 0.25) is 0 Å². The molecule has 28 heavy (non-hydrogen) atoms. The van der Waals surface area contributed by atoms with Gasteiger partial charge in [-0.15, -0.1) is 0 Å². The number of hydrogen-bond donors (Lipinski definition) is 1. The predicted octanol–water partition coefficient (Wildman–Crippen LogP) is 3.71. The summed E-state index contributed by atoms with van der Waals surface area (Å²) < 4.78 is 32.0. The van der Waals surface area contributed by atoms with Crippen LogP contribution in [0.3, 0.4) is 0 Å². The van der Waals surface area contributed by atoms with Crippen molar-refractivity contribution in [2.75, 3.05) is 24.5 Å². The number of sulfonamides is 1. The lowest BCUT2D eigenvalue weighted by Gasteiger charge is -2.19. The van der Waals surface area contributed by atoms with Crippen molar-refractivity contribution in [3.63, 3.8) is 0 Å². The molecule has 2 aromatic carbocycles. The first kappa shape index (κ1) is 22.2. The summed E-state index contributed by atoms with van der Waals surface area (Å²) in [5, 5.41) is 3.28. The minimum absolute atomic E-state index is 0.143. The third-order valence-electron chi connectivity index (χ3n) is 4.02. The van der Waals surface area contributed by atoms with Crippen molar-refractivity contribution in [1.29, 1.82) is 0 Å². The van der Waals surface area contributed by atoms with E-state index in [1.165, 1.54) is 35.6 Å². The molecule has 2 aromatic rings. The Morgan fingerprint density at radius 3 is 2.29 bits per heavy atom. The number of benzene rings is 2. The van der Waals surface area contributed by atoms with E-state index in [0.29, 0.717) is 29.4 Å². The van der Waals surface area contributed by atoms with Crippen molar-refractivity contribution in [3.8, 4) is 0 Å². The van der Waals surface area contributed by atoms with E-state index in [4.69, 9.17) is 16.3 Å². The first-order valence-electron chi connectivity index (χ1n) is 8.96. The van der Waals surface area contributed by atoms with E-state index in [2.05, 4.69) is 5.32 Å². The first-order valence-corrected chi connectivity index (χ1v) is 10.8. The Morgan fingerprint density at radius 1 is 1.11 bits per heavy atom. The van der Waals surface area contributed by atoms with Crippen molar-refractivity contribution >= 4 is 33.2 Å². The molecule has 0 unspecified atom stereocenters. The Hall–Kier alpha value is -2.09. The fourth-order valence-electron chi connectivity index (χ4n) is 2.42. The molecule has 0 heterocycles. The van der Waals surface area contributed by atoms with Gasteiger partial charge < -0.3 is 10.1 Å². The van der Waals surface area contributed by atoms with Crippen LogP contribution in [0, 0.1) is 0 Å². The van der Waals surface area contributed by atoms with Crippen molar-refractivity contribution in [2.45, 2.75) is 31.3 Å². The fourth-order valence-corrected chi connectivity index (χ4v) is 3.74. The molecule has 0 radical (unpaired) electrons. The van der Waals surface area contributed by atoms with Crippen LogP contribution in [-0.4, -0.2) is 40.6 Å². The summed E-state index contributed by atoms with van der Waals surface area (Å²) in [6.07, 6.45) is 0.897. The number of hydrogen-bond acceptors (Lipinski definition) is 4. The number of nitrogens with one attached hydrogen (secondary N) is 1. The van der Waals surface area contributed by atoms with E-state index in [9.17, 15) is 13.2 Å². The van der Waals surface area contributed by atoms with Gasteiger partial charge in [-0.05, 0) is 68.8 Å². The summed E-state index contributed by atoms with van der Waals surface area (Å²) in [6, 6.07) is 12.4. The van der Waals surface area contributed by atoms with Crippen molar-refractivity contribution < 1.29 is 17.9 Å². The summed E-state index contributed by atoms with van der Waals surface area (Å²) in [5.41, 5.74) is 0.919. The molecule has 0 saturated heterocycles. The quantitative estimate of drug-likeness (QED) is 0.622. The van der Waals surface area contributed by atoms with E-state index >= 15 is 0 Å². The van der Waals surface area contributed by atoms with Crippen LogP contribution < -0.4 is 9.62 Å². The van der Waals surface area contributed by atoms with Gasteiger partial charge in [-0.25, -0.2) is 8.42 Å². The maximum atomic E-state index is 12.7. The Kier molecular flexibility index (Phi) is 7.86. The van der Waals surface area contributed by atoms with Crippen LogP contribution in [0.2, 0.25) is 5.02 Å². The largest absolute Gasteiger partial charge is 0.379 e. The summed E-state index contributed by atoms with van der Waals surface area (Å²) in [4.78, 5) is 12.3. The van der Waals surface area contributed by atoms with Crippen LogP contribution >= 0.6 is 11.6 Å². The fraction of sp³-hybridized carbons (Fsp3) is 0.350. The molecule has 1 N–H and O–H groups in total. The monoisotopic (exact) mass is 424 g/mol. The molecule has 0 aliphatic heterocycles. The number of carbonyl (C=O) groups excluding carboxylic acids is 1. The molecule has 0 aliphatic carbocycles. The van der Waals surface area contributed by atoms with E-state index < -0.39 is 10.0 Å². The van der Waals surface area contributed by atoms with Gasteiger partial charge in [-0.1, -0.05) is 11.6 Å². The third-order valence-corrected chi connectivity index (χ3v) is 6.07. The Bertz CT molecular complexity index is 881. The van der Waals surface area contributed by atoms with Gasteiger partial charge in [0, 0.05) is 30.8 Å². The molecule has 0 aromatic heterocycles. The van der Waals surface area contributed by atoms with Crippen LogP contribution in [0.5, 0.6) is 0 Å². The van der Waals surface area contributed by atoms with Crippen LogP contribution in [0.25, 0.3) is 0 Å². The van der Waals surface area contributed by atoms with Gasteiger partial charge in [0.05, 0.1) is 16.7 Å². The molecule has 0 aliphatic rings. The number of amides is 1. The summed E-state index contributed by atoms with van der Waals surface area (Å²) >= 11 is 5.82. The average molecular weight is 425 g/mol. The van der Waals surface area contributed by atoms with Gasteiger partial charge in [-0.3, -0.25) is 9.10 Å². The lowest BCUT2D eigenvalue weighted by atomic mass is 10.2. The average Bonchev–Trinajstić information content (AvgIpc) is 2.67. The molecule has 2 rings (SSSR count). The number of anilines is 1. The van der Waals surface area contributed by atoms with Crippen molar-refractivity contribution in [2.24, 2.45) is 0 Å². The number of ether oxygens (including phenoxy) is 1. The molecule has 152 valence electrons. The first-order chi connectivity index (χ1) is 13.2. The normalized spacial score (nSPS) is 11.5. The van der Waals surface area contributed by atoms with Crippen LogP contribution in [0.4, 0.5) is 5.69 Å². The molecule has 0 saturated carbocycles. The molecule has 0 atom stereocenters. The Morgan fingerprint density at radius 2 is 1.71 bits per heavy atom. The smallest absolute Gasteiger partial charge is 0.264 e. The van der Waals surface area contributed by atoms with Gasteiger partial charge in [0.1, 0.15) is 0 Å². The second-order valence-corrected chi connectivity index (χ2v) is 8.91. The SMILES string of the molecule is CC(C)OCCCNC(=O)c1ccc(N(C)S(=O)(=O)c2ccc(Cl)cc2)cc1. The highest BCUT2D eigenvalue weighted by Crippen LogP contribution is 2.23. The van der Waals surface area contributed by atoms with Gasteiger partial charge in [0.25, 0.3) is 15.9 Å². The summed E-state index contributed by atoms with van der Waals surface area (Å²) in [5.74, 6) is -0.209. The zero-order valence-electron chi connectivity index (χ0n) is 16.2. The lowest BCUT2D eigenvalue weighted by Crippen LogP contribution is -2.27. The minimum atomic E-state index is -3.71. The standard InChI is InChI=1S/C20H25ClN2O4S/c1-15(2)27-14-4-13-22-20(24)16-5-9-18(10-6-16)23(3)28(25,26)19-11-7-17(21)8-12-19/h5-12,15H,4,13-14H2,1-3H3,(H,22,24). The summed E-state index contributed by atoms with van der Waals surface area (Å²) in [7, 11) is -2.24. The molecule has 0 fully saturated rings. The zero-order valence-corrected chi connectivity index (χ0v) is 17.8. The molecule has 0 spiro atoms. The Balaban J connectivity index is 1.99. The topological polar surface area (TPSA) is 75.7 Å². The van der Waals surface area contributed by atoms with E-state index in [1.54, 1.807) is 24.3 Å². The highest BCUT2D eigenvalue weighted by molar-refractivity contribution is 7.92. The van der Waals surface area contributed by atoms with Crippen LogP contribution in [-0.2, 0) is 14.8 Å². The zero-order chi connectivity index (χ0) is 20.7. The van der Waals surface area contributed by atoms with Crippen molar-refractivity contribution in [3.05, 3.63) is 59.1 Å². The van der Waals surface area contributed by atoms with Gasteiger partial charge >= 0.3 is 0 Å². The Labute approximate surface area is 171 Å². The molecule has 1 amide bonds. The number of nitrogens with zero attached hydrogens (tertiary/aromatic N) is 1. The van der Waals surface area contributed by atoms with E-state index in [-0.39, 0.29) is 16.9 Å². The minimum Gasteiger partial charge on any atom is -0.379 e. The number of carbonyl (C=O) groups is 1. The van der Waals surface area contributed by atoms with Crippen LogP contribution in [0.1, 0.15) is 30.6 Å². The van der Waals surface area contributed by atoms with Crippen LogP contribution in [0.15, 0.2) is 53.4 Å². The molecular formula is C20H25ClN2O4S. The lowest BCUT2D eigenvalue weighted by molar-refractivity contribution is 0.0757. The summed E-state index contributed by atoms with van der Waals surface area (Å²) in [6.45, 7) is 5.02. The van der Waals surface area contributed by atoms with Gasteiger partial charge in [-0.2, -0.15) is 0 Å². The van der Waals surface area contributed by atoms with Gasteiger partial charge in [0.15, 0.2) is 0 Å². The molecule has 6 nitrogen and oxygen atoms in total. The highest BCUT2D eigenvalue weighted by atomic mass is 35.5. The maximum absolute atomic E-state index is 12.7. The van der Waals surface area contributed by atoms with E-state index in [0.717, 1.165) is 6.42 Å². The highest BCUT2D eigenvalue weighted by Gasteiger charge is 2.21. The molecule has 0 bridgehead atoms. The predicted molar refractivity (Wildman–Crippen MR) is 112 cm³/mol. The molecule has 8 heteroatoms. The third kappa shape index (κ3) is 5.95. The van der Waals surface area contributed by atoms with Crippen molar-refractivity contribution in [1.82, 2.24) is 5.32 Å². The second-order valence-electron chi connectivity index (χ2n) is 6.50. The number of rotatable bonds is 9. The maximum Gasteiger partial charge on any atom is 0.264 e. The second kappa shape index (κ2) is 9.91. The number of halogens is 1. The van der Waals surface area contributed by atoms with E-state index in [1.807, 2.05) is 13.8 Å². The molecular weight excluding hydrogens is 400 g/mol.